The van der Waals surface area contributed by atoms with E-state index >= 15 is 0 Å². The maximum Gasteiger partial charge on any atom is 0.338 e. The standard InChI is InChI=1S/C33H44O9/c1-19-14-15-32(7,8)28(39-22(4)34)17-27(42-31(37)25-12-10-9-11-13-25)20(2)16-26-29(40-23(5)35)21(3)18-33(26,38)30(19)41-24(6)36/h9-16,19,21,26-30,38H,17-18H2,1-8H3/b15-14-,20-16-. The molecule has 2 aliphatic carbocycles. The molecule has 1 fully saturated rings. The van der Waals surface area contributed by atoms with Gasteiger partial charge in [-0.1, -0.05) is 64.1 Å². The fourth-order valence-corrected chi connectivity index (χ4v) is 6.17. The van der Waals surface area contributed by atoms with E-state index < -0.39 is 71.1 Å². The maximum absolute atomic E-state index is 13.2. The molecule has 0 aromatic heterocycles. The zero-order valence-corrected chi connectivity index (χ0v) is 25.8. The van der Waals surface area contributed by atoms with Gasteiger partial charge in [0.1, 0.15) is 30.0 Å². The van der Waals surface area contributed by atoms with E-state index in [0.717, 1.165) is 0 Å². The number of ether oxygens (including phenoxy) is 4. The van der Waals surface area contributed by atoms with Gasteiger partial charge in [0.25, 0.3) is 0 Å². The lowest BCUT2D eigenvalue weighted by Gasteiger charge is -2.41. The zero-order chi connectivity index (χ0) is 31.4. The highest BCUT2D eigenvalue weighted by Crippen LogP contribution is 2.48. The van der Waals surface area contributed by atoms with Gasteiger partial charge in [0, 0.05) is 44.4 Å². The Kier molecular flexibility index (Phi) is 10.4. The van der Waals surface area contributed by atoms with Crippen LogP contribution >= 0.6 is 0 Å². The Morgan fingerprint density at radius 1 is 0.881 bits per heavy atom. The lowest BCUT2D eigenvalue weighted by Crippen LogP contribution is -2.52. The summed E-state index contributed by atoms with van der Waals surface area (Å²) in [5.41, 5.74) is -1.42. The number of aliphatic hydroxyl groups is 1. The molecule has 1 N–H and O–H groups in total. The molecule has 1 aromatic carbocycles. The van der Waals surface area contributed by atoms with Crippen molar-refractivity contribution in [2.45, 2.75) is 98.2 Å². The van der Waals surface area contributed by atoms with E-state index in [2.05, 4.69) is 0 Å². The molecule has 0 spiro atoms. The van der Waals surface area contributed by atoms with E-state index in [4.69, 9.17) is 18.9 Å². The summed E-state index contributed by atoms with van der Waals surface area (Å²) in [7, 11) is 0. The minimum absolute atomic E-state index is 0.137. The molecule has 1 aromatic rings. The van der Waals surface area contributed by atoms with Crippen LogP contribution < -0.4 is 0 Å². The van der Waals surface area contributed by atoms with E-state index in [1.807, 2.05) is 39.8 Å². The Morgan fingerprint density at radius 2 is 1.48 bits per heavy atom. The lowest BCUT2D eigenvalue weighted by molar-refractivity contribution is -0.176. The van der Waals surface area contributed by atoms with E-state index in [1.165, 1.54) is 20.8 Å². The van der Waals surface area contributed by atoms with E-state index in [9.17, 15) is 24.3 Å². The molecule has 9 heteroatoms. The SMILES string of the molecule is CC(=O)OC1C(C)CC2(O)C1/C=C(/C)C(OC(=O)c1ccccc1)CC(OC(C)=O)C(C)(C)/C=C\C(C)C2OC(C)=O. The van der Waals surface area contributed by atoms with Gasteiger partial charge in [0.05, 0.1) is 5.56 Å². The van der Waals surface area contributed by atoms with Crippen LogP contribution in [0.5, 0.6) is 0 Å². The molecule has 42 heavy (non-hydrogen) atoms. The van der Waals surface area contributed by atoms with Crippen LogP contribution in [-0.2, 0) is 33.3 Å². The molecule has 0 bridgehead atoms. The van der Waals surface area contributed by atoms with Gasteiger partial charge in [0.2, 0.25) is 0 Å². The monoisotopic (exact) mass is 584 g/mol. The molecule has 0 aliphatic heterocycles. The number of rotatable bonds is 5. The topological polar surface area (TPSA) is 125 Å². The van der Waals surface area contributed by atoms with Crippen molar-refractivity contribution in [3.63, 3.8) is 0 Å². The molecule has 8 atom stereocenters. The van der Waals surface area contributed by atoms with Gasteiger partial charge in [-0.2, -0.15) is 0 Å². The molecule has 1 saturated carbocycles. The minimum atomic E-state index is -1.61. The molecule has 0 radical (unpaired) electrons. The second-order valence-corrected chi connectivity index (χ2v) is 12.3. The Balaban J connectivity index is 2.23. The minimum Gasteiger partial charge on any atom is -0.462 e. The van der Waals surface area contributed by atoms with Crippen molar-refractivity contribution >= 4 is 23.9 Å². The van der Waals surface area contributed by atoms with E-state index in [1.54, 1.807) is 43.3 Å². The van der Waals surface area contributed by atoms with Crippen molar-refractivity contribution < 1.29 is 43.2 Å². The van der Waals surface area contributed by atoms with Crippen LogP contribution in [0.1, 0.15) is 78.6 Å². The highest BCUT2D eigenvalue weighted by atomic mass is 16.6. The first kappa shape index (κ1) is 33.0. The van der Waals surface area contributed by atoms with Crippen LogP contribution in [0.4, 0.5) is 0 Å². The van der Waals surface area contributed by atoms with Gasteiger partial charge in [-0.05, 0) is 37.0 Å². The number of fused-ring (bicyclic) bond motifs is 1. The summed E-state index contributed by atoms with van der Waals surface area (Å²) >= 11 is 0. The van der Waals surface area contributed by atoms with Crippen molar-refractivity contribution in [3.05, 3.63) is 59.7 Å². The molecule has 0 amide bonds. The number of carbonyl (C=O) groups is 4. The summed E-state index contributed by atoms with van der Waals surface area (Å²) in [5, 5.41) is 12.4. The highest BCUT2D eigenvalue weighted by molar-refractivity contribution is 5.89. The van der Waals surface area contributed by atoms with E-state index in [0.29, 0.717) is 11.1 Å². The van der Waals surface area contributed by atoms with Gasteiger partial charge >= 0.3 is 23.9 Å². The molecular formula is C33H44O9. The first-order chi connectivity index (χ1) is 19.5. The molecule has 9 nitrogen and oxygen atoms in total. The Labute approximate surface area is 248 Å². The molecular weight excluding hydrogens is 540 g/mol. The van der Waals surface area contributed by atoms with Crippen LogP contribution in [0, 0.1) is 23.2 Å². The zero-order valence-electron chi connectivity index (χ0n) is 25.8. The third-order valence-corrected chi connectivity index (χ3v) is 8.31. The van der Waals surface area contributed by atoms with Gasteiger partial charge in [0.15, 0.2) is 0 Å². The van der Waals surface area contributed by atoms with Crippen molar-refractivity contribution in [1.82, 2.24) is 0 Å². The lowest BCUT2D eigenvalue weighted by atomic mass is 9.75. The molecule has 0 heterocycles. The predicted molar refractivity (Wildman–Crippen MR) is 155 cm³/mol. The van der Waals surface area contributed by atoms with Gasteiger partial charge < -0.3 is 24.1 Å². The Bertz CT molecular complexity index is 1220. The fourth-order valence-electron chi connectivity index (χ4n) is 6.17. The average molecular weight is 585 g/mol. The summed E-state index contributed by atoms with van der Waals surface area (Å²) in [4.78, 5) is 49.9. The van der Waals surface area contributed by atoms with Crippen LogP contribution in [0.25, 0.3) is 0 Å². The van der Waals surface area contributed by atoms with Gasteiger partial charge in [-0.3, -0.25) is 14.4 Å². The van der Waals surface area contributed by atoms with Crippen molar-refractivity contribution in [2.24, 2.45) is 23.2 Å². The van der Waals surface area contributed by atoms with Crippen molar-refractivity contribution in [2.75, 3.05) is 0 Å². The van der Waals surface area contributed by atoms with Crippen LogP contribution in [-0.4, -0.2) is 59.0 Å². The first-order valence-corrected chi connectivity index (χ1v) is 14.4. The largest absolute Gasteiger partial charge is 0.462 e. The van der Waals surface area contributed by atoms with Crippen LogP contribution in [0.3, 0.4) is 0 Å². The Morgan fingerprint density at radius 3 is 2.05 bits per heavy atom. The quantitative estimate of drug-likeness (QED) is 0.290. The fraction of sp³-hybridized carbons (Fsp3) is 0.576. The maximum atomic E-state index is 13.2. The third kappa shape index (κ3) is 7.68. The normalized spacial score (nSPS) is 34.7. The van der Waals surface area contributed by atoms with Crippen molar-refractivity contribution in [3.8, 4) is 0 Å². The number of esters is 4. The molecule has 8 unspecified atom stereocenters. The number of carbonyl (C=O) groups excluding carboxylic acids is 4. The summed E-state index contributed by atoms with van der Waals surface area (Å²) < 4.78 is 23.3. The highest BCUT2D eigenvalue weighted by Gasteiger charge is 2.58. The summed E-state index contributed by atoms with van der Waals surface area (Å²) in [6.45, 7) is 13.2. The van der Waals surface area contributed by atoms with Crippen LogP contribution in [0.15, 0.2) is 54.1 Å². The Hall–Kier alpha value is -3.46. The second-order valence-electron chi connectivity index (χ2n) is 12.3. The smallest absolute Gasteiger partial charge is 0.338 e. The van der Waals surface area contributed by atoms with E-state index in [-0.39, 0.29) is 18.8 Å². The molecule has 3 rings (SSSR count). The van der Waals surface area contributed by atoms with Gasteiger partial charge in [-0.15, -0.1) is 0 Å². The molecule has 2 aliphatic rings. The third-order valence-electron chi connectivity index (χ3n) is 8.31. The van der Waals surface area contributed by atoms with Crippen LogP contribution in [0.2, 0.25) is 0 Å². The van der Waals surface area contributed by atoms with Gasteiger partial charge in [-0.25, -0.2) is 4.79 Å². The number of hydrogen-bond acceptors (Lipinski definition) is 9. The second kappa shape index (κ2) is 13.2. The molecule has 230 valence electrons. The summed E-state index contributed by atoms with van der Waals surface area (Å²) in [5.74, 6) is -3.64. The summed E-state index contributed by atoms with van der Waals surface area (Å²) in [6.07, 6.45) is 2.52. The predicted octanol–water partition coefficient (Wildman–Crippen LogP) is 4.96. The average Bonchev–Trinajstić information content (AvgIpc) is 3.13. The number of hydrogen-bond donors (Lipinski definition) is 1. The first-order valence-electron chi connectivity index (χ1n) is 14.4. The summed E-state index contributed by atoms with van der Waals surface area (Å²) in [6, 6.07) is 8.55. The number of benzene rings is 1. The molecule has 0 saturated heterocycles. The van der Waals surface area contributed by atoms with Crippen molar-refractivity contribution in [1.29, 1.82) is 0 Å².